The first-order valence-corrected chi connectivity index (χ1v) is 15.3. The van der Waals surface area contributed by atoms with Crippen LogP contribution in [0.3, 0.4) is 0 Å². The van der Waals surface area contributed by atoms with E-state index in [1.54, 1.807) is 21.3 Å². The smallest absolute Gasteiger partial charge is 0.167 e. The predicted molar refractivity (Wildman–Crippen MR) is 178 cm³/mol. The maximum absolute atomic E-state index is 12.8. The highest BCUT2D eigenvalue weighted by atomic mass is 16.5. The molecule has 0 aliphatic rings. The Bertz CT molecular complexity index is 1600. The summed E-state index contributed by atoms with van der Waals surface area (Å²) in [6.07, 6.45) is 3.59. The standard InChI is InChI=1S/C37H45NO7/c1-23(2)43-32-14-11-27(19-34(32)41-8)29-21-38(17-16-26-10-13-31(40-7)36(18-26)45-25(5)6)30(22-39)37(29)28-12-15-33(44-24(3)4)35(20-28)42-9/h10-15,18-25H,16-17H2,1-9H3. The SMILES string of the molecule is COc1cc(-c2cn(CCc3ccc(OC)c(OC(C)C)c3)c(C=O)c2-c2ccc(OC(C)C)c(OC)c2)ccc1OC(C)C. The normalized spacial score (nSPS) is 11.2. The zero-order chi connectivity index (χ0) is 32.7. The molecule has 8 heteroatoms. The minimum absolute atomic E-state index is 0.00786. The fourth-order valence-corrected chi connectivity index (χ4v) is 5.24. The van der Waals surface area contributed by atoms with Crippen LogP contribution in [0.4, 0.5) is 0 Å². The number of benzene rings is 3. The number of hydrogen-bond donors (Lipinski definition) is 0. The second-order valence-electron chi connectivity index (χ2n) is 11.6. The maximum Gasteiger partial charge on any atom is 0.167 e. The van der Waals surface area contributed by atoms with Crippen LogP contribution in [-0.4, -0.2) is 50.5 Å². The lowest BCUT2D eigenvalue weighted by Crippen LogP contribution is -2.08. The van der Waals surface area contributed by atoms with Gasteiger partial charge in [-0.25, -0.2) is 0 Å². The number of nitrogens with zero attached hydrogens (tertiary/aromatic N) is 1. The molecule has 0 amide bonds. The average molecular weight is 616 g/mol. The molecule has 1 heterocycles. The molecule has 240 valence electrons. The van der Waals surface area contributed by atoms with Gasteiger partial charge in [0.1, 0.15) is 0 Å². The molecule has 45 heavy (non-hydrogen) atoms. The van der Waals surface area contributed by atoms with Crippen molar-refractivity contribution >= 4 is 6.29 Å². The van der Waals surface area contributed by atoms with Crippen LogP contribution in [0.1, 0.15) is 57.6 Å². The largest absolute Gasteiger partial charge is 0.493 e. The van der Waals surface area contributed by atoms with Gasteiger partial charge in [0.2, 0.25) is 0 Å². The average Bonchev–Trinajstić information content (AvgIpc) is 3.38. The number of aldehydes is 1. The van der Waals surface area contributed by atoms with E-state index in [0.717, 1.165) is 34.1 Å². The van der Waals surface area contributed by atoms with Gasteiger partial charge in [-0.1, -0.05) is 18.2 Å². The van der Waals surface area contributed by atoms with Crippen LogP contribution in [0, 0.1) is 0 Å². The molecule has 3 aromatic carbocycles. The Morgan fingerprint density at radius 1 is 0.622 bits per heavy atom. The molecule has 4 rings (SSSR count). The van der Waals surface area contributed by atoms with Gasteiger partial charge in [0, 0.05) is 23.9 Å². The van der Waals surface area contributed by atoms with Crippen LogP contribution >= 0.6 is 0 Å². The number of ether oxygens (including phenoxy) is 6. The van der Waals surface area contributed by atoms with Gasteiger partial charge >= 0.3 is 0 Å². The van der Waals surface area contributed by atoms with Crippen LogP contribution in [0.25, 0.3) is 22.3 Å². The lowest BCUT2D eigenvalue weighted by molar-refractivity contribution is 0.111. The van der Waals surface area contributed by atoms with Crippen molar-refractivity contribution < 1.29 is 33.2 Å². The van der Waals surface area contributed by atoms with E-state index in [0.29, 0.717) is 53.2 Å². The van der Waals surface area contributed by atoms with E-state index >= 15 is 0 Å². The van der Waals surface area contributed by atoms with Crippen molar-refractivity contribution in [3.05, 3.63) is 72.1 Å². The summed E-state index contributed by atoms with van der Waals surface area (Å²) >= 11 is 0. The Balaban J connectivity index is 1.83. The monoisotopic (exact) mass is 615 g/mol. The molecule has 0 saturated carbocycles. The van der Waals surface area contributed by atoms with Crippen LogP contribution in [-0.2, 0) is 13.0 Å². The first-order chi connectivity index (χ1) is 21.6. The Kier molecular flexibility index (Phi) is 11.0. The molecule has 0 radical (unpaired) electrons. The van der Waals surface area contributed by atoms with Crippen molar-refractivity contribution in [3.63, 3.8) is 0 Å². The molecule has 0 N–H and O–H groups in total. The molecular weight excluding hydrogens is 570 g/mol. The van der Waals surface area contributed by atoms with Gasteiger partial charge in [0.05, 0.1) is 45.3 Å². The molecule has 0 saturated heterocycles. The van der Waals surface area contributed by atoms with Crippen molar-refractivity contribution in [1.82, 2.24) is 4.57 Å². The van der Waals surface area contributed by atoms with Crippen LogP contribution < -0.4 is 28.4 Å². The summed E-state index contributed by atoms with van der Waals surface area (Å²) in [7, 11) is 4.87. The number of carbonyl (C=O) groups is 1. The number of methoxy groups -OCH3 is 3. The highest BCUT2D eigenvalue weighted by molar-refractivity contribution is 5.96. The van der Waals surface area contributed by atoms with E-state index in [1.807, 2.05) is 107 Å². The van der Waals surface area contributed by atoms with Gasteiger partial charge in [0.15, 0.2) is 40.8 Å². The van der Waals surface area contributed by atoms with E-state index in [1.165, 1.54) is 0 Å². The van der Waals surface area contributed by atoms with Crippen molar-refractivity contribution in [3.8, 4) is 56.8 Å². The summed E-state index contributed by atoms with van der Waals surface area (Å²) in [4.78, 5) is 12.8. The Labute approximate surface area is 266 Å². The van der Waals surface area contributed by atoms with Gasteiger partial charge < -0.3 is 33.0 Å². The lowest BCUT2D eigenvalue weighted by atomic mass is 9.96. The number of rotatable bonds is 15. The van der Waals surface area contributed by atoms with Gasteiger partial charge in [-0.2, -0.15) is 0 Å². The fraction of sp³-hybridized carbons (Fsp3) is 0.378. The summed E-state index contributed by atoms with van der Waals surface area (Å²) in [6, 6.07) is 17.5. The molecule has 1 aromatic heterocycles. The Morgan fingerprint density at radius 2 is 1.13 bits per heavy atom. The van der Waals surface area contributed by atoms with Crippen molar-refractivity contribution in [1.29, 1.82) is 0 Å². The molecule has 0 bridgehead atoms. The summed E-state index contributed by atoms with van der Waals surface area (Å²) in [5.41, 5.74) is 5.00. The van der Waals surface area contributed by atoms with E-state index in [-0.39, 0.29) is 18.3 Å². The molecular formula is C37H45NO7. The lowest BCUT2D eigenvalue weighted by Gasteiger charge is -2.16. The molecule has 0 unspecified atom stereocenters. The zero-order valence-electron chi connectivity index (χ0n) is 27.8. The van der Waals surface area contributed by atoms with Crippen LogP contribution in [0.15, 0.2) is 60.8 Å². The van der Waals surface area contributed by atoms with Gasteiger partial charge in [-0.15, -0.1) is 0 Å². The summed E-state index contributed by atoms with van der Waals surface area (Å²) in [6.45, 7) is 12.4. The Morgan fingerprint density at radius 3 is 1.67 bits per heavy atom. The molecule has 4 aromatic rings. The van der Waals surface area contributed by atoms with Crippen LogP contribution in [0.2, 0.25) is 0 Å². The van der Waals surface area contributed by atoms with Crippen molar-refractivity contribution in [2.75, 3.05) is 21.3 Å². The molecule has 0 fully saturated rings. The fourth-order valence-electron chi connectivity index (χ4n) is 5.24. The minimum atomic E-state index is -0.0182. The molecule has 0 atom stereocenters. The molecule has 0 aliphatic heterocycles. The predicted octanol–water partition coefficient (Wildman–Crippen LogP) is 8.26. The third-order valence-electron chi connectivity index (χ3n) is 7.12. The number of aromatic nitrogens is 1. The summed E-state index contributed by atoms with van der Waals surface area (Å²) in [5, 5.41) is 0. The van der Waals surface area contributed by atoms with Crippen LogP contribution in [0.5, 0.6) is 34.5 Å². The van der Waals surface area contributed by atoms with Crippen molar-refractivity contribution in [2.24, 2.45) is 0 Å². The first-order valence-electron chi connectivity index (χ1n) is 15.3. The summed E-state index contributed by atoms with van der Waals surface area (Å²) in [5.74, 6) is 3.88. The third kappa shape index (κ3) is 7.93. The van der Waals surface area contributed by atoms with Gasteiger partial charge in [-0.3, -0.25) is 4.79 Å². The summed E-state index contributed by atoms with van der Waals surface area (Å²) < 4.78 is 36.8. The second-order valence-corrected chi connectivity index (χ2v) is 11.6. The second kappa shape index (κ2) is 14.9. The minimum Gasteiger partial charge on any atom is -0.493 e. The Hall–Kier alpha value is -4.59. The first kappa shape index (κ1) is 33.3. The van der Waals surface area contributed by atoms with E-state index < -0.39 is 0 Å². The number of aryl methyl sites for hydroxylation is 2. The van der Waals surface area contributed by atoms with Gasteiger partial charge in [0.25, 0.3) is 0 Å². The highest BCUT2D eigenvalue weighted by Gasteiger charge is 2.22. The maximum atomic E-state index is 12.8. The molecule has 0 aliphatic carbocycles. The van der Waals surface area contributed by atoms with Crippen molar-refractivity contribution in [2.45, 2.75) is 72.8 Å². The molecule has 0 spiro atoms. The number of carbonyl (C=O) groups excluding carboxylic acids is 1. The van der Waals surface area contributed by atoms with E-state index in [9.17, 15) is 4.79 Å². The van der Waals surface area contributed by atoms with Gasteiger partial charge in [-0.05, 0) is 101 Å². The highest BCUT2D eigenvalue weighted by Crippen LogP contribution is 2.42. The number of hydrogen-bond acceptors (Lipinski definition) is 7. The van der Waals surface area contributed by atoms with E-state index in [4.69, 9.17) is 28.4 Å². The zero-order valence-corrected chi connectivity index (χ0v) is 27.8. The topological polar surface area (TPSA) is 77.4 Å². The molecule has 8 nitrogen and oxygen atoms in total. The van der Waals surface area contributed by atoms with E-state index in [2.05, 4.69) is 0 Å². The quantitative estimate of drug-likeness (QED) is 0.125. The third-order valence-corrected chi connectivity index (χ3v) is 7.12.